The van der Waals surface area contributed by atoms with Crippen LogP contribution in [0, 0.1) is 12.7 Å². The number of aromatic nitrogens is 2. The number of fused-ring (bicyclic) bond motifs is 7. The number of anilines is 1. The summed E-state index contributed by atoms with van der Waals surface area (Å²) in [6, 6.07) is 11.7. The van der Waals surface area contributed by atoms with Gasteiger partial charge in [0.05, 0.1) is 23.4 Å². The molecule has 10 heteroatoms. The zero-order valence-corrected chi connectivity index (χ0v) is 21.8. The van der Waals surface area contributed by atoms with Gasteiger partial charge in [-0.25, -0.2) is 14.2 Å². The van der Waals surface area contributed by atoms with E-state index in [1.807, 2.05) is 23.6 Å². The van der Waals surface area contributed by atoms with Crippen LogP contribution in [0.15, 0.2) is 48.7 Å². The van der Waals surface area contributed by atoms with E-state index in [9.17, 15) is 9.59 Å². The molecule has 4 atom stereocenters. The fraction of sp³-hybridized carbons (Fsp3) is 0.250. The summed E-state index contributed by atoms with van der Waals surface area (Å²) in [5.74, 6) is -2.27. The maximum atomic E-state index is 15.8. The molecule has 1 saturated heterocycles. The summed E-state index contributed by atoms with van der Waals surface area (Å²) in [7, 11) is 1.34. The van der Waals surface area contributed by atoms with Gasteiger partial charge in [0, 0.05) is 58.0 Å². The average Bonchev–Trinajstić information content (AvgIpc) is 3.59. The number of nitrogens with one attached hydrogen (secondary N) is 2. The van der Waals surface area contributed by atoms with E-state index in [1.54, 1.807) is 30.3 Å². The summed E-state index contributed by atoms with van der Waals surface area (Å²) in [6.45, 7) is 1.83. The van der Waals surface area contributed by atoms with Gasteiger partial charge in [-0.2, -0.15) is 0 Å². The van der Waals surface area contributed by atoms with Gasteiger partial charge in [-0.15, -0.1) is 0 Å². The number of hydrogen-bond donors (Lipinski definition) is 2. The second kappa shape index (κ2) is 8.02. The van der Waals surface area contributed by atoms with Gasteiger partial charge in [0.25, 0.3) is 0 Å². The van der Waals surface area contributed by atoms with E-state index in [1.165, 1.54) is 13.2 Å². The number of imidazole rings is 1. The number of esters is 1. The Morgan fingerprint density at radius 2 is 2.05 bits per heavy atom. The number of rotatable bonds is 2. The van der Waals surface area contributed by atoms with E-state index >= 15 is 4.39 Å². The van der Waals surface area contributed by atoms with Crippen LogP contribution < -0.4 is 10.6 Å². The van der Waals surface area contributed by atoms with E-state index in [4.69, 9.17) is 32.9 Å². The predicted octanol–water partition coefficient (Wildman–Crippen LogP) is 5.12. The van der Waals surface area contributed by atoms with Crippen molar-refractivity contribution < 1.29 is 18.7 Å². The first-order valence-corrected chi connectivity index (χ1v) is 12.9. The maximum Gasteiger partial charge on any atom is 0.338 e. The quantitative estimate of drug-likeness (QED) is 0.338. The van der Waals surface area contributed by atoms with Gasteiger partial charge in [-0.05, 0) is 36.8 Å². The van der Waals surface area contributed by atoms with E-state index in [-0.39, 0.29) is 22.9 Å². The van der Waals surface area contributed by atoms with Crippen molar-refractivity contribution in [1.82, 2.24) is 14.7 Å². The van der Waals surface area contributed by atoms with Gasteiger partial charge in [0.2, 0.25) is 5.91 Å². The molecule has 0 bridgehead atoms. The van der Waals surface area contributed by atoms with Crippen molar-refractivity contribution in [3.8, 4) is 0 Å². The molecule has 1 amide bonds. The maximum absolute atomic E-state index is 15.8. The molecule has 0 radical (unpaired) electrons. The Bertz CT molecular complexity index is 1720. The number of benzene rings is 2. The van der Waals surface area contributed by atoms with Crippen molar-refractivity contribution in [2.75, 3.05) is 12.4 Å². The monoisotopic (exact) mass is 550 g/mol. The van der Waals surface area contributed by atoms with Crippen LogP contribution in [0.2, 0.25) is 10.0 Å². The Balaban J connectivity index is 1.48. The number of hydrogen-bond acceptors (Lipinski definition) is 5. The molecule has 7 rings (SSSR count). The highest BCUT2D eigenvalue weighted by Gasteiger charge is 2.65. The minimum atomic E-state index is -1.25. The summed E-state index contributed by atoms with van der Waals surface area (Å²) in [6.07, 6.45) is 2.38. The first kappa shape index (κ1) is 23.6. The normalized spacial score (nSPS) is 25.0. The van der Waals surface area contributed by atoms with Crippen molar-refractivity contribution in [1.29, 1.82) is 0 Å². The zero-order chi connectivity index (χ0) is 26.5. The number of carbonyl (C=O) groups is 2. The van der Waals surface area contributed by atoms with E-state index < -0.39 is 23.2 Å². The number of carbonyl (C=O) groups excluding carboxylic acids is 2. The molecule has 4 aromatic rings. The molecule has 1 fully saturated rings. The van der Waals surface area contributed by atoms with Crippen molar-refractivity contribution in [2.24, 2.45) is 0 Å². The summed E-state index contributed by atoms with van der Waals surface area (Å²) in [5, 5.41) is 7.05. The van der Waals surface area contributed by atoms with Crippen LogP contribution in [0.1, 0.15) is 50.3 Å². The largest absolute Gasteiger partial charge is 0.465 e. The van der Waals surface area contributed by atoms with Crippen LogP contribution in [0.25, 0.3) is 5.65 Å². The van der Waals surface area contributed by atoms with E-state index in [0.717, 1.165) is 11.4 Å². The second-order valence-electron chi connectivity index (χ2n) is 10.0. The number of methoxy groups -OCH3 is 1. The first-order valence-electron chi connectivity index (χ1n) is 12.2. The Labute approximate surface area is 226 Å². The van der Waals surface area contributed by atoms with Gasteiger partial charge in [-0.1, -0.05) is 41.4 Å². The fourth-order valence-corrected chi connectivity index (χ4v) is 7.11. The molecule has 38 heavy (non-hydrogen) atoms. The van der Waals surface area contributed by atoms with Gasteiger partial charge >= 0.3 is 5.97 Å². The highest BCUT2D eigenvalue weighted by atomic mass is 35.5. The Morgan fingerprint density at radius 3 is 2.84 bits per heavy atom. The molecule has 0 saturated carbocycles. The number of halogens is 3. The van der Waals surface area contributed by atoms with Crippen LogP contribution in [-0.2, 0) is 21.5 Å². The lowest BCUT2D eigenvalue weighted by Crippen LogP contribution is -2.49. The lowest BCUT2D eigenvalue weighted by molar-refractivity contribution is -0.122. The van der Waals surface area contributed by atoms with E-state index in [2.05, 4.69) is 10.6 Å². The standard InChI is InChI=1S/C28H21Cl2FN4O3/c1-12-14(26(36)38-2)8-9-35-20-11-19-21(24(20)33-25(12)35)22(15-4-3-5-17(30)23(15)31)28(34-19)16-7-6-13(29)10-18(16)32-27(28)37/h3-10,19,21-22,34H,11H2,1-2H3,(H,32,37)/t19-,21+,22-,28+/m0/s1. The molecule has 2 aliphatic heterocycles. The topological polar surface area (TPSA) is 84.7 Å². The van der Waals surface area contributed by atoms with Crippen LogP contribution in [-0.4, -0.2) is 34.4 Å². The van der Waals surface area contributed by atoms with E-state index in [0.29, 0.717) is 45.0 Å². The van der Waals surface area contributed by atoms with Gasteiger partial charge in [0.1, 0.15) is 17.0 Å². The molecule has 192 valence electrons. The number of amides is 1. The average molecular weight is 551 g/mol. The molecule has 2 N–H and O–H groups in total. The highest BCUT2D eigenvalue weighted by molar-refractivity contribution is 6.31. The van der Waals surface area contributed by atoms with Crippen molar-refractivity contribution in [3.05, 3.63) is 98.2 Å². The second-order valence-corrected chi connectivity index (χ2v) is 10.9. The fourth-order valence-electron chi connectivity index (χ4n) is 6.76. The summed E-state index contributed by atoms with van der Waals surface area (Å²) in [4.78, 5) is 31.1. The predicted molar refractivity (Wildman–Crippen MR) is 141 cm³/mol. The molecular formula is C28H21Cl2FN4O3. The number of nitrogens with zero attached hydrogens (tertiary/aromatic N) is 2. The zero-order valence-electron chi connectivity index (χ0n) is 20.3. The van der Waals surface area contributed by atoms with Crippen LogP contribution in [0.5, 0.6) is 0 Å². The molecule has 3 aliphatic rings. The molecular weight excluding hydrogens is 530 g/mol. The van der Waals surface area contributed by atoms with Crippen molar-refractivity contribution >= 4 is 46.4 Å². The molecule has 7 nitrogen and oxygen atoms in total. The van der Waals surface area contributed by atoms with Crippen LogP contribution in [0.3, 0.4) is 0 Å². The number of pyridine rings is 1. The number of aryl methyl sites for hydroxylation is 1. The lowest BCUT2D eigenvalue weighted by atomic mass is 9.71. The Kier molecular flexibility index (Phi) is 4.99. The van der Waals surface area contributed by atoms with Crippen LogP contribution in [0.4, 0.5) is 10.1 Å². The molecule has 2 aromatic heterocycles. The van der Waals surface area contributed by atoms with Gasteiger partial charge in [-0.3, -0.25) is 10.1 Å². The third-order valence-electron chi connectivity index (χ3n) is 8.31. The van der Waals surface area contributed by atoms with Gasteiger partial charge < -0.3 is 14.5 Å². The number of ether oxygens (including phenoxy) is 1. The van der Waals surface area contributed by atoms with Crippen LogP contribution >= 0.6 is 23.2 Å². The molecule has 1 spiro atoms. The molecule has 2 aromatic carbocycles. The Morgan fingerprint density at radius 1 is 1.24 bits per heavy atom. The molecule has 1 aliphatic carbocycles. The first-order chi connectivity index (χ1) is 18.3. The minimum Gasteiger partial charge on any atom is -0.465 e. The summed E-state index contributed by atoms with van der Waals surface area (Å²) < 4.78 is 22.7. The molecule has 0 unspecified atom stereocenters. The van der Waals surface area contributed by atoms with Gasteiger partial charge in [0.15, 0.2) is 0 Å². The van der Waals surface area contributed by atoms with Crippen molar-refractivity contribution in [2.45, 2.75) is 36.8 Å². The van der Waals surface area contributed by atoms with Crippen molar-refractivity contribution in [3.63, 3.8) is 0 Å². The minimum absolute atomic E-state index is 0.0115. The third-order valence-corrected chi connectivity index (χ3v) is 8.83. The molecule has 4 heterocycles. The highest BCUT2D eigenvalue weighted by Crippen LogP contribution is 2.60. The SMILES string of the molecule is COC(=O)c1ccn2c3c(nc2c1C)[C@@H]1[C@H](C3)N[C@@]2(C(=O)Nc3cc(Cl)ccc32)[C@H]1c1cccc(Cl)c1F. The smallest absolute Gasteiger partial charge is 0.338 e. The lowest BCUT2D eigenvalue weighted by Gasteiger charge is -2.32. The summed E-state index contributed by atoms with van der Waals surface area (Å²) >= 11 is 12.5. The summed E-state index contributed by atoms with van der Waals surface area (Å²) in [5.41, 5.74) is 3.87. The Hall–Kier alpha value is -3.46. The third kappa shape index (κ3) is 2.91.